The molecule has 0 heterocycles. The summed E-state index contributed by atoms with van der Waals surface area (Å²) in [5.74, 6) is 0.263. The van der Waals surface area contributed by atoms with Gasteiger partial charge in [-0.3, -0.25) is 9.59 Å². The minimum absolute atomic E-state index is 0.0230. The Morgan fingerprint density at radius 1 is 0.962 bits per heavy atom. The highest BCUT2D eigenvalue weighted by Crippen LogP contribution is 2.26. The van der Waals surface area contributed by atoms with E-state index in [0.29, 0.717) is 22.9 Å². The van der Waals surface area contributed by atoms with Crippen molar-refractivity contribution in [1.82, 2.24) is 0 Å². The molecule has 138 valence electrons. The molecule has 0 aliphatic rings. The third-order valence-electron chi connectivity index (χ3n) is 3.47. The van der Waals surface area contributed by atoms with E-state index in [9.17, 15) is 9.59 Å². The smallest absolute Gasteiger partial charge is 0.233 e. The van der Waals surface area contributed by atoms with E-state index in [1.165, 1.54) is 7.11 Å². The van der Waals surface area contributed by atoms with Crippen LogP contribution in [0.4, 0.5) is 11.4 Å². The van der Waals surface area contributed by atoms with E-state index >= 15 is 0 Å². The van der Waals surface area contributed by atoms with Crippen molar-refractivity contribution in [3.8, 4) is 11.5 Å². The quantitative estimate of drug-likeness (QED) is 0.741. The number of aryl methyl sites for hydroxylation is 1. The lowest BCUT2D eigenvalue weighted by atomic mass is 10.2. The average Bonchev–Trinajstić information content (AvgIpc) is 2.56. The molecule has 0 fully saturated rings. The summed E-state index contributed by atoms with van der Waals surface area (Å²) in [7, 11) is 1.53. The second-order valence-corrected chi connectivity index (χ2v) is 6.14. The largest absolute Gasteiger partial charge is 0.495 e. The van der Waals surface area contributed by atoms with Crippen LogP contribution in [0, 0.1) is 6.92 Å². The van der Waals surface area contributed by atoms with Gasteiger partial charge in [-0.15, -0.1) is 0 Å². The van der Waals surface area contributed by atoms with Gasteiger partial charge in [0, 0.05) is 0 Å². The zero-order valence-electron chi connectivity index (χ0n) is 15.5. The summed E-state index contributed by atoms with van der Waals surface area (Å²) in [4.78, 5) is 24.4. The van der Waals surface area contributed by atoms with E-state index in [2.05, 4.69) is 10.6 Å². The van der Waals surface area contributed by atoms with Gasteiger partial charge in [0.05, 0.1) is 24.6 Å². The number of carbonyl (C=O) groups is 2. The molecule has 0 bridgehead atoms. The molecule has 6 heteroatoms. The molecule has 0 aliphatic heterocycles. The molecule has 2 aromatic carbocycles. The van der Waals surface area contributed by atoms with Gasteiger partial charge < -0.3 is 20.1 Å². The molecule has 2 amide bonds. The topological polar surface area (TPSA) is 76.7 Å². The zero-order chi connectivity index (χ0) is 19.1. The first-order valence-electron chi connectivity index (χ1n) is 8.39. The molecule has 0 aliphatic carbocycles. The molecule has 0 atom stereocenters. The van der Waals surface area contributed by atoms with Crippen molar-refractivity contribution in [2.75, 3.05) is 17.7 Å². The van der Waals surface area contributed by atoms with Gasteiger partial charge in [0.15, 0.2) is 0 Å². The Morgan fingerprint density at radius 3 is 2.27 bits per heavy atom. The first kappa shape index (κ1) is 19.3. The van der Waals surface area contributed by atoms with E-state index in [1.807, 2.05) is 32.9 Å². The first-order chi connectivity index (χ1) is 12.4. The summed E-state index contributed by atoms with van der Waals surface area (Å²) >= 11 is 0. The summed E-state index contributed by atoms with van der Waals surface area (Å²) < 4.78 is 10.9. The third-order valence-corrected chi connectivity index (χ3v) is 3.47. The maximum absolute atomic E-state index is 12.2. The normalized spacial score (nSPS) is 10.3. The Kier molecular flexibility index (Phi) is 6.60. The van der Waals surface area contributed by atoms with Gasteiger partial charge in [-0.05, 0) is 50.6 Å². The number of rotatable bonds is 7. The van der Waals surface area contributed by atoms with Crippen LogP contribution in [-0.4, -0.2) is 25.0 Å². The molecular formula is C20H24N2O4. The standard InChI is InChI=1S/C20H24N2O4/c1-13(2)26-18-8-6-5-7-15(18)21-19(23)12-20(24)22-16-11-14(3)9-10-17(16)25-4/h5-11,13H,12H2,1-4H3,(H,21,23)(H,22,24). The van der Waals surface area contributed by atoms with Crippen molar-refractivity contribution < 1.29 is 19.1 Å². The molecule has 2 rings (SSSR count). The predicted octanol–water partition coefficient (Wildman–Crippen LogP) is 3.76. The maximum atomic E-state index is 12.2. The highest BCUT2D eigenvalue weighted by molar-refractivity contribution is 6.08. The van der Waals surface area contributed by atoms with Gasteiger partial charge in [-0.25, -0.2) is 0 Å². The van der Waals surface area contributed by atoms with Crippen molar-refractivity contribution >= 4 is 23.2 Å². The number of amides is 2. The lowest BCUT2D eigenvalue weighted by Crippen LogP contribution is -2.22. The average molecular weight is 356 g/mol. The molecule has 26 heavy (non-hydrogen) atoms. The van der Waals surface area contributed by atoms with Crippen molar-refractivity contribution in [1.29, 1.82) is 0 Å². The Balaban J connectivity index is 2.00. The fourth-order valence-electron chi connectivity index (χ4n) is 2.38. The van der Waals surface area contributed by atoms with Crippen LogP contribution in [0.15, 0.2) is 42.5 Å². The van der Waals surface area contributed by atoms with Gasteiger partial charge in [-0.1, -0.05) is 18.2 Å². The van der Waals surface area contributed by atoms with Crippen LogP contribution in [0.2, 0.25) is 0 Å². The van der Waals surface area contributed by atoms with Gasteiger partial charge in [0.1, 0.15) is 17.9 Å². The summed E-state index contributed by atoms with van der Waals surface area (Å²) in [6.07, 6.45) is -0.335. The van der Waals surface area contributed by atoms with Crippen molar-refractivity contribution in [3.05, 3.63) is 48.0 Å². The minimum Gasteiger partial charge on any atom is -0.495 e. The van der Waals surface area contributed by atoms with E-state index in [4.69, 9.17) is 9.47 Å². The number of methoxy groups -OCH3 is 1. The number of carbonyl (C=O) groups excluding carboxylic acids is 2. The number of anilines is 2. The second-order valence-electron chi connectivity index (χ2n) is 6.14. The zero-order valence-corrected chi connectivity index (χ0v) is 15.5. The van der Waals surface area contributed by atoms with Gasteiger partial charge in [0.25, 0.3) is 0 Å². The van der Waals surface area contributed by atoms with Crippen LogP contribution in [0.1, 0.15) is 25.8 Å². The number of nitrogens with one attached hydrogen (secondary N) is 2. The number of para-hydroxylation sites is 2. The lowest BCUT2D eigenvalue weighted by molar-refractivity contribution is -0.123. The fraction of sp³-hybridized carbons (Fsp3) is 0.300. The minimum atomic E-state index is -0.423. The molecule has 0 aromatic heterocycles. The molecule has 0 saturated heterocycles. The van der Waals surface area contributed by atoms with Crippen molar-refractivity contribution in [2.45, 2.75) is 33.3 Å². The Bertz CT molecular complexity index is 787. The highest BCUT2D eigenvalue weighted by atomic mass is 16.5. The van der Waals surface area contributed by atoms with Gasteiger partial charge >= 0.3 is 0 Å². The maximum Gasteiger partial charge on any atom is 0.233 e. The molecular weight excluding hydrogens is 332 g/mol. The van der Waals surface area contributed by atoms with Crippen LogP contribution >= 0.6 is 0 Å². The molecule has 2 N–H and O–H groups in total. The molecule has 2 aromatic rings. The lowest BCUT2D eigenvalue weighted by Gasteiger charge is -2.15. The first-order valence-corrected chi connectivity index (χ1v) is 8.39. The SMILES string of the molecule is COc1ccc(C)cc1NC(=O)CC(=O)Nc1ccccc1OC(C)C. The van der Waals surface area contributed by atoms with Crippen molar-refractivity contribution in [3.63, 3.8) is 0 Å². The van der Waals surface area contributed by atoms with Crippen LogP contribution in [-0.2, 0) is 9.59 Å². The summed E-state index contributed by atoms with van der Waals surface area (Å²) in [5, 5.41) is 5.43. The second kappa shape index (κ2) is 8.89. The number of benzene rings is 2. The van der Waals surface area contributed by atoms with E-state index in [-0.39, 0.29) is 12.5 Å². The monoisotopic (exact) mass is 356 g/mol. The van der Waals surface area contributed by atoms with Crippen LogP contribution in [0.3, 0.4) is 0 Å². The van der Waals surface area contributed by atoms with Crippen LogP contribution < -0.4 is 20.1 Å². The Hall–Kier alpha value is -3.02. The van der Waals surface area contributed by atoms with Gasteiger partial charge in [0.2, 0.25) is 11.8 Å². The summed E-state index contributed by atoms with van der Waals surface area (Å²) in [6, 6.07) is 12.6. The molecule has 6 nitrogen and oxygen atoms in total. The fourth-order valence-corrected chi connectivity index (χ4v) is 2.38. The Morgan fingerprint density at radius 2 is 1.62 bits per heavy atom. The van der Waals surface area contributed by atoms with E-state index in [0.717, 1.165) is 5.56 Å². The predicted molar refractivity (Wildman–Crippen MR) is 102 cm³/mol. The van der Waals surface area contributed by atoms with Gasteiger partial charge in [-0.2, -0.15) is 0 Å². The highest BCUT2D eigenvalue weighted by Gasteiger charge is 2.14. The molecule has 0 radical (unpaired) electrons. The van der Waals surface area contributed by atoms with E-state index in [1.54, 1.807) is 30.3 Å². The summed E-state index contributed by atoms with van der Waals surface area (Å²) in [5.41, 5.74) is 2.05. The number of hydrogen-bond acceptors (Lipinski definition) is 4. The van der Waals surface area contributed by atoms with E-state index < -0.39 is 11.8 Å². The number of ether oxygens (including phenoxy) is 2. The molecule has 0 spiro atoms. The molecule has 0 saturated carbocycles. The van der Waals surface area contributed by atoms with Crippen LogP contribution in [0.5, 0.6) is 11.5 Å². The van der Waals surface area contributed by atoms with Crippen molar-refractivity contribution in [2.24, 2.45) is 0 Å². The number of hydrogen-bond donors (Lipinski definition) is 2. The molecule has 0 unspecified atom stereocenters. The Labute approximate surface area is 153 Å². The van der Waals surface area contributed by atoms with Crippen LogP contribution in [0.25, 0.3) is 0 Å². The third kappa shape index (κ3) is 5.51. The summed E-state index contributed by atoms with van der Waals surface area (Å²) in [6.45, 7) is 5.72.